The van der Waals surface area contributed by atoms with Crippen LogP contribution in [0.2, 0.25) is 0 Å². The number of fused-ring (bicyclic) bond motifs is 1. The number of amides is 1. The number of Topliss-reactive ketones (excluding diaryl/α,β-unsaturated/α-hetero) is 1. The van der Waals surface area contributed by atoms with Crippen LogP contribution in [0.15, 0.2) is 41.8 Å². The lowest BCUT2D eigenvalue weighted by molar-refractivity contribution is -0.116. The van der Waals surface area contributed by atoms with Crippen molar-refractivity contribution in [3.05, 3.63) is 63.7 Å². The van der Waals surface area contributed by atoms with Crippen molar-refractivity contribution in [3.8, 4) is 5.69 Å². The van der Waals surface area contributed by atoms with Gasteiger partial charge in [-0.25, -0.2) is 9.07 Å². The number of benzene rings is 1. The molecule has 0 radical (unpaired) electrons. The maximum atomic E-state index is 13.2. The summed E-state index contributed by atoms with van der Waals surface area (Å²) in [5.41, 5.74) is 2.02. The number of aromatic nitrogens is 2. The fourth-order valence-electron chi connectivity index (χ4n) is 3.13. The number of aryl methyl sites for hydroxylation is 1. The maximum Gasteiger partial charge on any atom is 0.226 e. The summed E-state index contributed by atoms with van der Waals surface area (Å²) < 4.78 is 14.7. The Labute approximate surface area is 147 Å². The molecule has 1 atom stereocenters. The number of carbonyl (C=O) groups excluding carboxylic acids is 2. The van der Waals surface area contributed by atoms with Crippen molar-refractivity contribution in [3.63, 3.8) is 0 Å². The van der Waals surface area contributed by atoms with Crippen LogP contribution < -0.4 is 5.32 Å². The molecule has 1 amide bonds. The minimum absolute atomic E-state index is 0.0761. The van der Waals surface area contributed by atoms with Gasteiger partial charge in [-0.1, -0.05) is 6.07 Å². The average molecular weight is 355 g/mol. The number of halogens is 1. The SMILES string of the molecule is Cc1nn(-c2ccc(F)cc2)c2c1C(C(=O)c1cccs1)CC(=O)N2. The number of hydrogen-bond acceptors (Lipinski definition) is 4. The van der Waals surface area contributed by atoms with Crippen molar-refractivity contribution in [2.45, 2.75) is 19.3 Å². The number of nitrogens with zero attached hydrogens (tertiary/aromatic N) is 2. The zero-order valence-corrected chi connectivity index (χ0v) is 14.1. The molecule has 1 aromatic carbocycles. The number of anilines is 1. The summed E-state index contributed by atoms with van der Waals surface area (Å²) in [6.07, 6.45) is 0.0969. The summed E-state index contributed by atoms with van der Waals surface area (Å²) >= 11 is 1.36. The molecular formula is C18H14FN3O2S. The first-order valence-corrected chi connectivity index (χ1v) is 8.65. The highest BCUT2D eigenvalue weighted by atomic mass is 32.1. The summed E-state index contributed by atoms with van der Waals surface area (Å²) in [6, 6.07) is 9.41. The third kappa shape index (κ3) is 2.66. The van der Waals surface area contributed by atoms with Crippen LogP contribution in [0.1, 0.15) is 33.3 Å². The van der Waals surface area contributed by atoms with E-state index in [1.165, 1.54) is 23.5 Å². The average Bonchev–Trinajstić information content (AvgIpc) is 3.23. The second-order valence-electron chi connectivity index (χ2n) is 5.88. The van der Waals surface area contributed by atoms with Crippen LogP contribution in [0.25, 0.3) is 5.69 Å². The highest BCUT2D eigenvalue weighted by molar-refractivity contribution is 7.12. The standard InChI is InChI=1S/C18H14FN3O2S/c1-10-16-13(17(24)14-3-2-8-25-14)9-15(23)20-18(16)22(21-10)12-6-4-11(19)5-7-12/h2-8,13H,9H2,1H3,(H,20,23). The van der Waals surface area contributed by atoms with E-state index in [-0.39, 0.29) is 23.9 Å². The van der Waals surface area contributed by atoms with Gasteiger partial charge in [0, 0.05) is 12.0 Å². The number of ketones is 1. The number of carbonyl (C=O) groups is 2. The molecule has 1 aliphatic rings. The molecule has 3 heterocycles. The van der Waals surface area contributed by atoms with E-state index >= 15 is 0 Å². The molecule has 0 fully saturated rings. The van der Waals surface area contributed by atoms with Crippen LogP contribution >= 0.6 is 11.3 Å². The Hall–Kier alpha value is -2.80. The zero-order chi connectivity index (χ0) is 17.6. The van der Waals surface area contributed by atoms with Gasteiger partial charge in [0.05, 0.1) is 22.2 Å². The van der Waals surface area contributed by atoms with Gasteiger partial charge in [0.2, 0.25) is 5.91 Å². The molecule has 1 N–H and O–H groups in total. The molecule has 7 heteroatoms. The Kier molecular flexibility index (Phi) is 3.73. The van der Waals surface area contributed by atoms with Crippen molar-refractivity contribution in [2.75, 3.05) is 5.32 Å². The van der Waals surface area contributed by atoms with Gasteiger partial charge in [0.15, 0.2) is 5.78 Å². The van der Waals surface area contributed by atoms with Crippen LogP contribution in [0, 0.1) is 12.7 Å². The smallest absolute Gasteiger partial charge is 0.226 e. The van der Waals surface area contributed by atoms with Crippen LogP contribution in [-0.4, -0.2) is 21.5 Å². The second kappa shape index (κ2) is 5.93. The van der Waals surface area contributed by atoms with Gasteiger partial charge in [-0.15, -0.1) is 11.3 Å². The summed E-state index contributed by atoms with van der Waals surface area (Å²) in [6.45, 7) is 1.81. The van der Waals surface area contributed by atoms with Gasteiger partial charge in [0.1, 0.15) is 11.6 Å². The van der Waals surface area contributed by atoms with Crippen LogP contribution in [-0.2, 0) is 4.79 Å². The van der Waals surface area contributed by atoms with Crippen LogP contribution in [0.5, 0.6) is 0 Å². The first kappa shape index (κ1) is 15.7. The number of thiophene rings is 1. The topological polar surface area (TPSA) is 64.0 Å². The lowest BCUT2D eigenvalue weighted by atomic mass is 9.87. The summed E-state index contributed by atoms with van der Waals surface area (Å²) in [5.74, 6) is -0.735. The highest BCUT2D eigenvalue weighted by Gasteiger charge is 2.36. The fraction of sp³-hybridized carbons (Fsp3) is 0.167. The molecule has 1 unspecified atom stereocenters. The molecule has 126 valence electrons. The molecule has 0 saturated heterocycles. The van der Waals surface area contributed by atoms with Crippen molar-refractivity contribution >= 4 is 28.8 Å². The Balaban J connectivity index is 1.83. The molecule has 25 heavy (non-hydrogen) atoms. The van der Waals surface area contributed by atoms with Crippen LogP contribution in [0.3, 0.4) is 0 Å². The molecule has 1 aliphatic heterocycles. The number of hydrogen-bond donors (Lipinski definition) is 1. The minimum Gasteiger partial charge on any atom is -0.310 e. The zero-order valence-electron chi connectivity index (χ0n) is 13.3. The predicted octanol–water partition coefficient (Wildman–Crippen LogP) is 3.69. The molecule has 4 rings (SSSR count). The number of nitrogens with one attached hydrogen (secondary N) is 1. The summed E-state index contributed by atoms with van der Waals surface area (Å²) in [7, 11) is 0. The molecule has 3 aromatic rings. The largest absolute Gasteiger partial charge is 0.310 e. The molecule has 0 saturated carbocycles. The second-order valence-corrected chi connectivity index (χ2v) is 6.83. The first-order valence-electron chi connectivity index (χ1n) is 7.77. The highest BCUT2D eigenvalue weighted by Crippen LogP contribution is 2.38. The summed E-state index contributed by atoms with van der Waals surface area (Å²) in [4.78, 5) is 25.7. The van der Waals surface area contributed by atoms with Crippen molar-refractivity contribution in [1.82, 2.24) is 9.78 Å². The molecule has 5 nitrogen and oxygen atoms in total. The lowest BCUT2D eigenvalue weighted by Gasteiger charge is -2.22. The van der Waals surface area contributed by atoms with Crippen LogP contribution in [0.4, 0.5) is 10.2 Å². The predicted molar refractivity (Wildman–Crippen MR) is 92.9 cm³/mol. The normalized spacial score (nSPS) is 16.4. The van der Waals surface area contributed by atoms with E-state index < -0.39 is 5.92 Å². The fourth-order valence-corrected chi connectivity index (χ4v) is 3.85. The third-order valence-corrected chi connectivity index (χ3v) is 5.14. The van der Waals surface area contributed by atoms with E-state index in [0.717, 1.165) is 5.56 Å². The lowest BCUT2D eigenvalue weighted by Crippen LogP contribution is -2.28. The third-order valence-electron chi connectivity index (χ3n) is 4.25. The minimum atomic E-state index is -0.559. The Bertz CT molecular complexity index is 961. The van der Waals surface area contributed by atoms with E-state index in [4.69, 9.17) is 0 Å². The van der Waals surface area contributed by atoms with Gasteiger partial charge < -0.3 is 5.32 Å². The van der Waals surface area contributed by atoms with E-state index in [2.05, 4.69) is 10.4 Å². The van der Waals surface area contributed by atoms with Gasteiger partial charge >= 0.3 is 0 Å². The van der Waals surface area contributed by atoms with E-state index in [1.54, 1.807) is 22.9 Å². The summed E-state index contributed by atoms with van der Waals surface area (Å²) in [5, 5.41) is 9.12. The van der Waals surface area contributed by atoms with Gasteiger partial charge in [-0.3, -0.25) is 9.59 Å². The Morgan fingerprint density at radius 1 is 1.32 bits per heavy atom. The molecule has 0 spiro atoms. The monoisotopic (exact) mass is 355 g/mol. The van der Waals surface area contributed by atoms with Gasteiger partial charge in [0.25, 0.3) is 0 Å². The van der Waals surface area contributed by atoms with E-state index in [1.807, 2.05) is 18.4 Å². The van der Waals surface area contributed by atoms with Crippen molar-refractivity contribution in [2.24, 2.45) is 0 Å². The maximum absolute atomic E-state index is 13.2. The van der Waals surface area contributed by atoms with Gasteiger partial charge in [-0.2, -0.15) is 5.10 Å². The molecule has 0 bridgehead atoms. The first-order chi connectivity index (χ1) is 12.0. The van der Waals surface area contributed by atoms with Crippen molar-refractivity contribution in [1.29, 1.82) is 0 Å². The number of rotatable bonds is 3. The van der Waals surface area contributed by atoms with E-state index in [0.29, 0.717) is 22.1 Å². The van der Waals surface area contributed by atoms with E-state index in [9.17, 15) is 14.0 Å². The van der Waals surface area contributed by atoms with Crippen molar-refractivity contribution < 1.29 is 14.0 Å². The Morgan fingerprint density at radius 3 is 2.76 bits per heavy atom. The Morgan fingerprint density at radius 2 is 2.08 bits per heavy atom. The quantitative estimate of drug-likeness (QED) is 0.729. The molecule has 0 aliphatic carbocycles. The molecular weight excluding hydrogens is 341 g/mol. The van der Waals surface area contributed by atoms with Gasteiger partial charge in [-0.05, 0) is 42.6 Å². The molecule has 2 aromatic heterocycles.